The molecule has 7 heteroatoms. The molecular weight excluding hydrogens is 316 g/mol. The predicted molar refractivity (Wildman–Crippen MR) is 87.3 cm³/mol. The van der Waals surface area contributed by atoms with Crippen molar-refractivity contribution in [3.05, 3.63) is 22.4 Å². The van der Waals surface area contributed by atoms with Gasteiger partial charge >= 0.3 is 0 Å². The molecule has 1 saturated heterocycles. The van der Waals surface area contributed by atoms with Gasteiger partial charge in [-0.25, -0.2) is 13.1 Å². The summed E-state index contributed by atoms with van der Waals surface area (Å²) in [6.07, 6.45) is 2.79. The summed E-state index contributed by atoms with van der Waals surface area (Å²) < 4.78 is 26.7. The summed E-state index contributed by atoms with van der Waals surface area (Å²) in [6, 6.07) is 3.93. The van der Waals surface area contributed by atoms with E-state index in [0.29, 0.717) is 13.0 Å². The predicted octanol–water partition coefficient (Wildman–Crippen LogP) is 2.02. The van der Waals surface area contributed by atoms with Gasteiger partial charge in [-0.05, 0) is 42.7 Å². The number of hydrogen-bond acceptors (Lipinski definition) is 4. The standard InChI is InChI=1S/C13H22N2O2S2.ClH/c1-13(6-3-7-14-10-13)11-15-19(16,17)9-5-12-4-2-8-18-12;/h2,4,8,14-15H,3,5-7,9-11H2,1H3;1H. The van der Waals surface area contributed by atoms with Crippen molar-refractivity contribution >= 4 is 33.8 Å². The maximum atomic E-state index is 12.0. The molecule has 1 aromatic rings. The fourth-order valence-corrected chi connectivity index (χ4v) is 4.36. The molecule has 1 fully saturated rings. The van der Waals surface area contributed by atoms with Crippen molar-refractivity contribution in [3.8, 4) is 0 Å². The third-order valence-corrected chi connectivity index (χ3v) is 5.86. The van der Waals surface area contributed by atoms with Gasteiger partial charge in [-0.3, -0.25) is 0 Å². The van der Waals surface area contributed by atoms with Crippen LogP contribution >= 0.6 is 23.7 Å². The summed E-state index contributed by atoms with van der Waals surface area (Å²) in [5.74, 6) is 0.178. The van der Waals surface area contributed by atoms with Gasteiger partial charge in [-0.2, -0.15) is 0 Å². The number of sulfonamides is 1. The molecule has 2 N–H and O–H groups in total. The zero-order chi connectivity index (χ0) is 13.8. The van der Waals surface area contributed by atoms with Crippen molar-refractivity contribution in [1.82, 2.24) is 10.0 Å². The van der Waals surface area contributed by atoms with Gasteiger partial charge in [0, 0.05) is 18.0 Å². The molecule has 0 saturated carbocycles. The van der Waals surface area contributed by atoms with Crippen molar-refractivity contribution in [2.24, 2.45) is 5.41 Å². The first-order chi connectivity index (χ1) is 8.99. The largest absolute Gasteiger partial charge is 0.316 e. The molecule has 1 aliphatic rings. The smallest absolute Gasteiger partial charge is 0.211 e. The number of aryl methyl sites for hydroxylation is 1. The van der Waals surface area contributed by atoms with Gasteiger partial charge in [0.25, 0.3) is 0 Å². The Bertz CT molecular complexity index is 482. The van der Waals surface area contributed by atoms with Crippen molar-refractivity contribution in [3.63, 3.8) is 0 Å². The fourth-order valence-electron chi connectivity index (χ4n) is 2.32. The molecule has 1 atom stereocenters. The molecule has 2 heterocycles. The fraction of sp³-hybridized carbons (Fsp3) is 0.692. The zero-order valence-electron chi connectivity index (χ0n) is 11.7. The molecule has 0 amide bonds. The highest BCUT2D eigenvalue weighted by Gasteiger charge is 2.28. The topological polar surface area (TPSA) is 58.2 Å². The molecule has 0 aliphatic carbocycles. The Morgan fingerprint density at radius 2 is 2.30 bits per heavy atom. The van der Waals surface area contributed by atoms with E-state index in [1.807, 2.05) is 17.5 Å². The first-order valence-corrected chi connectivity index (χ1v) is 9.23. The monoisotopic (exact) mass is 338 g/mol. The molecule has 20 heavy (non-hydrogen) atoms. The molecule has 0 bridgehead atoms. The Morgan fingerprint density at radius 1 is 1.50 bits per heavy atom. The van der Waals surface area contributed by atoms with E-state index < -0.39 is 10.0 Å². The van der Waals surface area contributed by atoms with Gasteiger partial charge in [0.05, 0.1) is 5.75 Å². The number of piperidine rings is 1. The molecule has 0 aromatic carbocycles. The van der Waals surface area contributed by atoms with Crippen LogP contribution in [-0.2, 0) is 16.4 Å². The van der Waals surface area contributed by atoms with E-state index in [-0.39, 0.29) is 23.6 Å². The summed E-state index contributed by atoms with van der Waals surface area (Å²) in [5.41, 5.74) is 0.0499. The lowest BCUT2D eigenvalue weighted by Crippen LogP contribution is -2.46. The average Bonchev–Trinajstić information content (AvgIpc) is 2.89. The number of nitrogens with one attached hydrogen (secondary N) is 2. The summed E-state index contributed by atoms with van der Waals surface area (Å²) in [7, 11) is -3.17. The van der Waals surface area contributed by atoms with Crippen LogP contribution in [0.4, 0.5) is 0 Å². The van der Waals surface area contributed by atoms with Crippen LogP contribution in [0.3, 0.4) is 0 Å². The van der Waals surface area contributed by atoms with Gasteiger partial charge < -0.3 is 5.32 Å². The Kier molecular flexibility index (Phi) is 6.94. The van der Waals surface area contributed by atoms with Crippen LogP contribution in [0.2, 0.25) is 0 Å². The molecule has 2 rings (SSSR count). The van der Waals surface area contributed by atoms with E-state index in [1.54, 1.807) is 11.3 Å². The lowest BCUT2D eigenvalue weighted by Gasteiger charge is -2.34. The summed E-state index contributed by atoms with van der Waals surface area (Å²) in [4.78, 5) is 1.12. The SMILES string of the molecule is CC1(CNS(=O)(=O)CCc2cccs2)CCCNC1.Cl. The van der Waals surface area contributed by atoms with E-state index in [0.717, 1.165) is 30.8 Å². The normalized spacial score (nSPS) is 23.2. The van der Waals surface area contributed by atoms with E-state index in [1.165, 1.54) is 0 Å². The maximum Gasteiger partial charge on any atom is 0.211 e. The minimum atomic E-state index is -3.17. The zero-order valence-corrected chi connectivity index (χ0v) is 14.2. The Balaban J connectivity index is 0.00000200. The Morgan fingerprint density at radius 3 is 2.90 bits per heavy atom. The number of thiophene rings is 1. The third-order valence-electron chi connectivity index (χ3n) is 3.60. The van der Waals surface area contributed by atoms with E-state index in [9.17, 15) is 8.42 Å². The third kappa shape index (κ3) is 5.69. The van der Waals surface area contributed by atoms with Crippen molar-refractivity contribution in [2.45, 2.75) is 26.2 Å². The highest BCUT2D eigenvalue weighted by atomic mass is 35.5. The minimum absolute atomic E-state index is 0. The first-order valence-electron chi connectivity index (χ1n) is 6.70. The van der Waals surface area contributed by atoms with Crippen molar-refractivity contribution in [2.75, 3.05) is 25.4 Å². The quantitative estimate of drug-likeness (QED) is 0.834. The highest BCUT2D eigenvalue weighted by molar-refractivity contribution is 7.89. The van der Waals surface area contributed by atoms with Crippen LogP contribution in [0.15, 0.2) is 17.5 Å². The second-order valence-electron chi connectivity index (χ2n) is 5.56. The second kappa shape index (κ2) is 7.75. The lowest BCUT2D eigenvalue weighted by molar-refractivity contribution is 0.238. The highest BCUT2D eigenvalue weighted by Crippen LogP contribution is 2.24. The first kappa shape index (κ1) is 17.9. The van der Waals surface area contributed by atoms with Crippen LogP contribution in [0.1, 0.15) is 24.6 Å². The molecule has 1 aliphatic heterocycles. The summed E-state index contributed by atoms with van der Waals surface area (Å²) in [6.45, 7) is 4.61. The average molecular weight is 339 g/mol. The van der Waals surface area contributed by atoms with Crippen molar-refractivity contribution < 1.29 is 8.42 Å². The van der Waals surface area contributed by atoms with Gasteiger partial charge in [0.2, 0.25) is 10.0 Å². The number of rotatable bonds is 6. The van der Waals surface area contributed by atoms with Crippen molar-refractivity contribution in [1.29, 1.82) is 0 Å². The summed E-state index contributed by atoms with van der Waals surface area (Å²) in [5, 5.41) is 5.31. The number of halogens is 1. The molecule has 4 nitrogen and oxygen atoms in total. The van der Waals surface area contributed by atoms with Crippen LogP contribution in [-0.4, -0.2) is 33.8 Å². The van der Waals surface area contributed by atoms with E-state index >= 15 is 0 Å². The van der Waals surface area contributed by atoms with Crippen LogP contribution < -0.4 is 10.0 Å². The minimum Gasteiger partial charge on any atom is -0.316 e. The molecular formula is C13H23ClN2O2S2. The van der Waals surface area contributed by atoms with Crippen LogP contribution in [0, 0.1) is 5.41 Å². The van der Waals surface area contributed by atoms with E-state index in [2.05, 4.69) is 17.0 Å². The molecule has 1 aromatic heterocycles. The summed E-state index contributed by atoms with van der Waals surface area (Å²) >= 11 is 1.61. The molecule has 116 valence electrons. The van der Waals surface area contributed by atoms with Crippen LogP contribution in [0.25, 0.3) is 0 Å². The van der Waals surface area contributed by atoms with Gasteiger partial charge in [0.1, 0.15) is 0 Å². The van der Waals surface area contributed by atoms with Gasteiger partial charge in [-0.15, -0.1) is 23.7 Å². The molecule has 0 spiro atoms. The Hall–Kier alpha value is -0.140. The Labute approximate surface area is 131 Å². The van der Waals surface area contributed by atoms with Gasteiger partial charge in [0.15, 0.2) is 0 Å². The van der Waals surface area contributed by atoms with E-state index in [4.69, 9.17) is 0 Å². The molecule has 1 unspecified atom stereocenters. The second-order valence-corrected chi connectivity index (χ2v) is 8.52. The number of hydrogen-bond donors (Lipinski definition) is 2. The van der Waals surface area contributed by atoms with Crippen LogP contribution in [0.5, 0.6) is 0 Å². The van der Waals surface area contributed by atoms with Gasteiger partial charge in [-0.1, -0.05) is 13.0 Å². The lowest BCUT2D eigenvalue weighted by atomic mass is 9.83. The maximum absolute atomic E-state index is 12.0. The molecule has 0 radical (unpaired) electrons.